The standard InChI is InChI=1S/C16H29N3OSi/c1-16(2,3)21(4,5)20-13-7-6-11(8-13)14-9-12(17)10-19-15(14)18/h9-11,13H,6-8,17H2,1-5H3,(H2,18,19). The summed E-state index contributed by atoms with van der Waals surface area (Å²) < 4.78 is 6.53. The lowest BCUT2D eigenvalue weighted by Crippen LogP contribution is -2.43. The van der Waals surface area contributed by atoms with Crippen LogP contribution in [0.3, 0.4) is 0 Å². The Labute approximate surface area is 129 Å². The van der Waals surface area contributed by atoms with Crippen LogP contribution in [-0.4, -0.2) is 19.4 Å². The van der Waals surface area contributed by atoms with Crippen molar-refractivity contribution in [3.8, 4) is 0 Å². The topological polar surface area (TPSA) is 74.2 Å². The van der Waals surface area contributed by atoms with Gasteiger partial charge in [-0.05, 0) is 54.9 Å². The first-order chi connectivity index (χ1) is 9.60. The fourth-order valence-electron chi connectivity index (χ4n) is 2.76. The molecule has 1 aliphatic carbocycles. The molecule has 1 saturated carbocycles. The third kappa shape index (κ3) is 3.58. The van der Waals surface area contributed by atoms with E-state index in [9.17, 15) is 0 Å². The first-order valence-electron chi connectivity index (χ1n) is 7.79. The molecule has 4 N–H and O–H groups in total. The van der Waals surface area contributed by atoms with Gasteiger partial charge in [0, 0.05) is 6.10 Å². The van der Waals surface area contributed by atoms with E-state index in [0.717, 1.165) is 24.8 Å². The van der Waals surface area contributed by atoms with Crippen molar-refractivity contribution in [2.45, 2.75) is 70.2 Å². The lowest BCUT2D eigenvalue weighted by atomic mass is 9.98. The minimum Gasteiger partial charge on any atom is -0.414 e. The maximum Gasteiger partial charge on any atom is 0.192 e. The lowest BCUT2D eigenvalue weighted by molar-refractivity contribution is 0.186. The molecule has 2 rings (SSSR count). The van der Waals surface area contributed by atoms with Gasteiger partial charge in [-0.2, -0.15) is 0 Å². The van der Waals surface area contributed by atoms with E-state index in [4.69, 9.17) is 15.9 Å². The van der Waals surface area contributed by atoms with Crippen molar-refractivity contribution in [2.24, 2.45) is 0 Å². The zero-order valence-electron chi connectivity index (χ0n) is 13.9. The lowest BCUT2D eigenvalue weighted by Gasteiger charge is -2.38. The largest absolute Gasteiger partial charge is 0.414 e. The van der Waals surface area contributed by atoms with Crippen molar-refractivity contribution in [3.63, 3.8) is 0 Å². The van der Waals surface area contributed by atoms with Gasteiger partial charge < -0.3 is 15.9 Å². The van der Waals surface area contributed by atoms with E-state index in [0.29, 0.717) is 23.5 Å². The molecule has 1 aliphatic rings. The van der Waals surface area contributed by atoms with Crippen LogP contribution in [0.1, 0.15) is 51.5 Å². The Balaban J connectivity index is 2.06. The van der Waals surface area contributed by atoms with E-state index in [1.165, 1.54) is 0 Å². The van der Waals surface area contributed by atoms with E-state index in [-0.39, 0.29) is 5.04 Å². The molecule has 5 heteroatoms. The van der Waals surface area contributed by atoms with Gasteiger partial charge in [0.05, 0.1) is 11.9 Å². The van der Waals surface area contributed by atoms with Gasteiger partial charge in [-0.3, -0.25) is 0 Å². The van der Waals surface area contributed by atoms with Crippen LogP contribution in [0.15, 0.2) is 12.3 Å². The van der Waals surface area contributed by atoms with Crippen LogP contribution in [0.5, 0.6) is 0 Å². The zero-order chi connectivity index (χ0) is 15.8. The highest BCUT2D eigenvalue weighted by Gasteiger charge is 2.41. The predicted molar refractivity (Wildman–Crippen MR) is 91.7 cm³/mol. The Bertz CT molecular complexity index is 511. The average molecular weight is 308 g/mol. The van der Waals surface area contributed by atoms with Crippen LogP contribution < -0.4 is 11.5 Å². The second-order valence-electron chi connectivity index (χ2n) is 7.75. The molecule has 2 unspecified atom stereocenters. The second-order valence-corrected chi connectivity index (χ2v) is 12.5. The van der Waals surface area contributed by atoms with Gasteiger partial charge in [0.2, 0.25) is 0 Å². The second kappa shape index (κ2) is 5.61. The Hall–Kier alpha value is -1.07. The number of hydrogen-bond acceptors (Lipinski definition) is 4. The minimum atomic E-state index is -1.70. The number of anilines is 2. The zero-order valence-corrected chi connectivity index (χ0v) is 14.9. The number of hydrogen-bond donors (Lipinski definition) is 2. The van der Waals surface area contributed by atoms with Crippen LogP contribution in [0, 0.1) is 0 Å². The van der Waals surface area contributed by atoms with Crippen LogP contribution in [-0.2, 0) is 4.43 Å². The number of pyridine rings is 1. The molecular formula is C16H29N3OSi. The molecule has 0 aromatic carbocycles. The summed E-state index contributed by atoms with van der Waals surface area (Å²) in [4.78, 5) is 4.18. The number of nitrogens with zero attached hydrogens (tertiary/aromatic N) is 1. The molecule has 0 bridgehead atoms. The predicted octanol–water partition coefficient (Wildman–Crippen LogP) is 3.90. The Morgan fingerprint density at radius 3 is 2.52 bits per heavy atom. The van der Waals surface area contributed by atoms with Gasteiger partial charge in [0.15, 0.2) is 8.32 Å². The summed E-state index contributed by atoms with van der Waals surface area (Å²) in [5, 5.41) is 0.253. The summed E-state index contributed by atoms with van der Waals surface area (Å²) in [6, 6.07) is 1.97. The number of nitrogen functional groups attached to an aromatic ring is 2. The van der Waals surface area contributed by atoms with Gasteiger partial charge in [-0.25, -0.2) is 4.98 Å². The quantitative estimate of drug-likeness (QED) is 0.830. The molecule has 0 radical (unpaired) electrons. The van der Waals surface area contributed by atoms with Gasteiger partial charge in [-0.1, -0.05) is 20.8 Å². The fraction of sp³-hybridized carbons (Fsp3) is 0.688. The number of rotatable bonds is 3. The Morgan fingerprint density at radius 2 is 1.90 bits per heavy atom. The molecule has 1 aromatic heterocycles. The summed E-state index contributed by atoms with van der Waals surface area (Å²) in [6.45, 7) is 11.5. The van der Waals surface area contributed by atoms with Gasteiger partial charge in [-0.15, -0.1) is 0 Å². The highest BCUT2D eigenvalue weighted by atomic mass is 28.4. The maximum absolute atomic E-state index is 6.53. The molecule has 21 heavy (non-hydrogen) atoms. The third-order valence-electron chi connectivity index (χ3n) is 5.06. The van der Waals surface area contributed by atoms with Crippen LogP contribution in [0.2, 0.25) is 18.1 Å². The molecule has 1 fully saturated rings. The SMILES string of the molecule is CC(C)(C)[Si](C)(C)OC1CCC(c2cc(N)cnc2N)C1. The molecular weight excluding hydrogens is 278 g/mol. The number of aromatic nitrogens is 1. The smallest absolute Gasteiger partial charge is 0.192 e. The van der Waals surface area contributed by atoms with Crippen LogP contribution in [0.25, 0.3) is 0 Å². The van der Waals surface area contributed by atoms with Crippen LogP contribution >= 0.6 is 0 Å². The summed E-state index contributed by atoms with van der Waals surface area (Å²) in [5.41, 5.74) is 13.6. The summed E-state index contributed by atoms with van der Waals surface area (Å²) in [7, 11) is -1.70. The molecule has 2 atom stereocenters. The average Bonchev–Trinajstić information content (AvgIpc) is 2.78. The molecule has 1 heterocycles. The van der Waals surface area contributed by atoms with Gasteiger partial charge >= 0.3 is 0 Å². The molecule has 0 aliphatic heterocycles. The van der Waals surface area contributed by atoms with Crippen molar-refractivity contribution >= 4 is 19.8 Å². The highest BCUT2D eigenvalue weighted by Crippen LogP contribution is 2.43. The highest BCUT2D eigenvalue weighted by molar-refractivity contribution is 6.74. The van der Waals surface area contributed by atoms with Crippen molar-refractivity contribution in [3.05, 3.63) is 17.8 Å². The Morgan fingerprint density at radius 1 is 1.24 bits per heavy atom. The minimum absolute atomic E-state index is 0.253. The van der Waals surface area contributed by atoms with E-state index in [2.05, 4.69) is 38.8 Å². The van der Waals surface area contributed by atoms with Crippen molar-refractivity contribution in [2.75, 3.05) is 11.5 Å². The van der Waals surface area contributed by atoms with Crippen molar-refractivity contribution in [1.29, 1.82) is 0 Å². The normalized spacial score (nSPS) is 23.5. The van der Waals surface area contributed by atoms with E-state index in [1.54, 1.807) is 6.20 Å². The van der Waals surface area contributed by atoms with E-state index in [1.807, 2.05) is 6.07 Å². The summed E-state index contributed by atoms with van der Waals surface area (Å²) in [5.74, 6) is 1.04. The molecule has 118 valence electrons. The van der Waals surface area contributed by atoms with Gasteiger partial charge in [0.25, 0.3) is 0 Å². The number of nitrogens with two attached hydrogens (primary N) is 2. The fourth-order valence-corrected chi connectivity index (χ4v) is 4.16. The monoisotopic (exact) mass is 307 g/mol. The third-order valence-corrected chi connectivity index (χ3v) is 9.60. The maximum atomic E-state index is 6.53. The van der Waals surface area contributed by atoms with Gasteiger partial charge in [0.1, 0.15) is 5.82 Å². The summed E-state index contributed by atoms with van der Waals surface area (Å²) in [6.07, 6.45) is 5.20. The van der Waals surface area contributed by atoms with Crippen molar-refractivity contribution in [1.82, 2.24) is 4.98 Å². The Kier molecular flexibility index (Phi) is 4.35. The first-order valence-corrected chi connectivity index (χ1v) is 10.7. The molecule has 4 nitrogen and oxygen atoms in total. The molecule has 0 amide bonds. The van der Waals surface area contributed by atoms with Crippen LogP contribution in [0.4, 0.5) is 11.5 Å². The molecule has 1 aromatic rings. The van der Waals surface area contributed by atoms with E-state index < -0.39 is 8.32 Å². The molecule has 0 spiro atoms. The summed E-state index contributed by atoms with van der Waals surface area (Å²) >= 11 is 0. The molecule has 0 saturated heterocycles. The first kappa shape index (κ1) is 16.3. The van der Waals surface area contributed by atoms with E-state index >= 15 is 0 Å². The van der Waals surface area contributed by atoms with Crippen molar-refractivity contribution < 1.29 is 4.43 Å².